The SMILES string of the molecule is Cl.O=C(C(C1CC1)C1CC1)N1CCC2(CCNCC2)C1. The highest BCUT2D eigenvalue weighted by molar-refractivity contribution is 5.85. The lowest BCUT2D eigenvalue weighted by Gasteiger charge is -2.34. The molecule has 114 valence electrons. The van der Waals surface area contributed by atoms with Crippen LogP contribution in [0.25, 0.3) is 0 Å². The molecule has 1 N–H and O–H groups in total. The molecule has 4 fully saturated rings. The van der Waals surface area contributed by atoms with E-state index >= 15 is 0 Å². The Kier molecular flexibility index (Phi) is 4.02. The van der Waals surface area contributed by atoms with Crippen LogP contribution in [0.2, 0.25) is 0 Å². The standard InChI is InChI=1S/C16H26N2O.ClH/c19-15(14(12-1-2-12)13-3-4-13)18-10-7-16(11-18)5-8-17-9-6-16;/h12-14,17H,1-11H2;1H. The van der Waals surface area contributed by atoms with Crippen LogP contribution < -0.4 is 5.32 Å². The van der Waals surface area contributed by atoms with Gasteiger partial charge >= 0.3 is 0 Å². The highest BCUT2D eigenvalue weighted by Gasteiger charge is 2.49. The molecular weight excluding hydrogens is 272 g/mol. The van der Waals surface area contributed by atoms with E-state index < -0.39 is 0 Å². The van der Waals surface area contributed by atoms with Gasteiger partial charge in [0.25, 0.3) is 0 Å². The van der Waals surface area contributed by atoms with Gasteiger partial charge in [-0.05, 0) is 75.3 Å². The van der Waals surface area contributed by atoms with Crippen molar-refractivity contribution >= 4 is 18.3 Å². The largest absolute Gasteiger partial charge is 0.342 e. The van der Waals surface area contributed by atoms with Crippen LogP contribution in [0.15, 0.2) is 0 Å². The summed E-state index contributed by atoms with van der Waals surface area (Å²) in [5, 5.41) is 3.46. The fourth-order valence-electron chi connectivity index (χ4n) is 4.40. The van der Waals surface area contributed by atoms with Gasteiger partial charge in [-0.2, -0.15) is 0 Å². The Morgan fingerprint density at radius 3 is 2.20 bits per heavy atom. The average Bonchev–Trinajstić information content (AvgIpc) is 3.33. The molecule has 0 bridgehead atoms. The number of nitrogens with one attached hydrogen (secondary N) is 1. The second kappa shape index (κ2) is 5.49. The maximum atomic E-state index is 12.8. The molecule has 2 aliphatic heterocycles. The smallest absolute Gasteiger partial charge is 0.226 e. The Hall–Kier alpha value is -0.280. The number of piperidine rings is 1. The number of nitrogens with zero attached hydrogens (tertiary/aromatic N) is 1. The van der Waals surface area contributed by atoms with Crippen molar-refractivity contribution in [2.24, 2.45) is 23.2 Å². The molecule has 1 amide bonds. The summed E-state index contributed by atoms with van der Waals surface area (Å²) >= 11 is 0. The second-order valence-electron chi connectivity index (χ2n) is 7.46. The van der Waals surface area contributed by atoms with Gasteiger partial charge in [0.05, 0.1) is 0 Å². The van der Waals surface area contributed by atoms with Crippen LogP contribution in [-0.4, -0.2) is 37.0 Å². The van der Waals surface area contributed by atoms with Gasteiger partial charge in [-0.25, -0.2) is 0 Å². The van der Waals surface area contributed by atoms with Gasteiger partial charge in [0, 0.05) is 19.0 Å². The van der Waals surface area contributed by atoms with Gasteiger partial charge in [0.1, 0.15) is 0 Å². The van der Waals surface area contributed by atoms with Crippen LogP contribution in [0.4, 0.5) is 0 Å². The molecule has 0 aromatic carbocycles. The van der Waals surface area contributed by atoms with Crippen LogP contribution >= 0.6 is 12.4 Å². The minimum absolute atomic E-state index is 0. The second-order valence-corrected chi connectivity index (χ2v) is 7.46. The van der Waals surface area contributed by atoms with Crippen molar-refractivity contribution in [3.05, 3.63) is 0 Å². The molecule has 0 atom stereocenters. The summed E-state index contributed by atoms with van der Waals surface area (Å²) in [6.45, 7) is 4.39. The van der Waals surface area contributed by atoms with Gasteiger partial charge in [0.2, 0.25) is 5.91 Å². The van der Waals surface area contributed by atoms with Crippen molar-refractivity contribution in [1.29, 1.82) is 0 Å². The van der Waals surface area contributed by atoms with E-state index in [1.807, 2.05) is 0 Å². The Morgan fingerprint density at radius 2 is 1.65 bits per heavy atom. The molecular formula is C16H27ClN2O. The van der Waals surface area contributed by atoms with Crippen molar-refractivity contribution < 1.29 is 4.79 Å². The molecule has 1 spiro atoms. The summed E-state index contributed by atoms with van der Waals surface area (Å²) in [6.07, 6.45) is 9.06. The molecule has 3 nitrogen and oxygen atoms in total. The first kappa shape index (κ1) is 14.6. The quantitative estimate of drug-likeness (QED) is 0.868. The van der Waals surface area contributed by atoms with Crippen molar-refractivity contribution in [3.8, 4) is 0 Å². The molecule has 2 aliphatic carbocycles. The van der Waals surface area contributed by atoms with Crippen molar-refractivity contribution in [2.75, 3.05) is 26.2 Å². The van der Waals surface area contributed by atoms with Gasteiger partial charge in [-0.1, -0.05) is 0 Å². The summed E-state index contributed by atoms with van der Waals surface area (Å²) in [5.74, 6) is 2.45. The predicted molar refractivity (Wildman–Crippen MR) is 81.9 cm³/mol. The number of hydrogen-bond donors (Lipinski definition) is 1. The summed E-state index contributed by atoms with van der Waals surface area (Å²) in [6, 6.07) is 0. The first-order chi connectivity index (χ1) is 9.27. The van der Waals surface area contributed by atoms with E-state index in [0.29, 0.717) is 17.2 Å². The van der Waals surface area contributed by atoms with E-state index in [4.69, 9.17) is 0 Å². The number of halogens is 1. The Balaban J connectivity index is 0.00000121. The molecule has 2 heterocycles. The van der Waals surface area contributed by atoms with Gasteiger partial charge in [-0.3, -0.25) is 4.79 Å². The maximum absolute atomic E-state index is 12.8. The topological polar surface area (TPSA) is 32.3 Å². The lowest BCUT2D eigenvalue weighted by atomic mass is 9.78. The first-order valence-corrected chi connectivity index (χ1v) is 8.27. The molecule has 0 aromatic rings. The summed E-state index contributed by atoms with van der Waals surface area (Å²) in [4.78, 5) is 15.1. The van der Waals surface area contributed by atoms with Crippen molar-refractivity contribution in [3.63, 3.8) is 0 Å². The van der Waals surface area contributed by atoms with E-state index in [9.17, 15) is 4.79 Å². The third-order valence-electron chi connectivity index (χ3n) is 5.96. The number of carbonyl (C=O) groups is 1. The molecule has 2 saturated carbocycles. The van der Waals surface area contributed by atoms with E-state index in [-0.39, 0.29) is 12.4 Å². The zero-order chi connectivity index (χ0) is 12.9. The number of carbonyl (C=O) groups excluding carboxylic acids is 1. The lowest BCUT2D eigenvalue weighted by molar-refractivity contribution is -0.136. The van der Waals surface area contributed by atoms with Crippen LogP contribution in [0.5, 0.6) is 0 Å². The number of amides is 1. The third-order valence-corrected chi connectivity index (χ3v) is 5.96. The van der Waals surface area contributed by atoms with E-state index in [0.717, 1.165) is 38.0 Å². The fraction of sp³-hybridized carbons (Fsp3) is 0.938. The molecule has 4 heteroatoms. The zero-order valence-corrected chi connectivity index (χ0v) is 13.1. The lowest BCUT2D eigenvalue weighted by Crippen LogP contribution is -2.41. The maximum Gasteiger partial charge on any atom is 0.226 e. The Morgan fingerprint density at radius 1 is 1.05 bits per heavy atom. The monoisotopic (exact) mass is 298 g/mol. The van der Waals surface area contributed by atoms with Crippen LogP contribution in [0, 0.1) is 23.2 Å². The summed E-state index contributed by atoms with van der Waals surface area (Å²) in [7, 11) is 0. The minimum atomic E-state index is 0. The highest BCUT2D eigenvalue weighted by Crippen LogP contribution is 2.51. The average molecular weight is 299 g/mol. The molecule has 4 rings (SSSR count). The van der Waals surface area contributed by atoms with Gasteiger partial charge in [-0.15, -0.1) is 12.4 Å². The minimum Gasteiger partial charge on any atom is -0.342 e. The first-order valence-electron chi connectivity index (χ1n) is 8.27. The normalized spacial score (nSPS) is 28.8. The number of hydrogen-bond acceptors (Lipinski definition) is 2. The zero-order valence-electron chi connectivity index (χ0n) is 12.3. The number of likely N-dealkylation sites (tertiary alicyclic amines) is 1. The fourth-order valence-corrected chi connectivity index (χ4v) is 4.40. The predicted octanol–water partition coefficient (Wildman–Crippen LogP) is 2.45. The highest BCUT2D eigenvalue weighted by atomic mass is 35.5. The summed E-state index contributed by atoms with van der Waals surface area (Å²) < 4.78 is 0. The summed E-state index contributed by atoms with van der Waals surface area (Å²) in [5.41, 5.74) is 0.471. The molecule has 0 radical (unpaired) electrons. The Bertz CT molecular complexity index is 361. The van der Waals surface area contributed by atoms with Crippen LogP contribution in [0.3, 0.4) is 0 Å². The van der Waals surface area contributed by atoms with Crippen molar-refractivity contribution in [2.45, 2.75) is 44.9 Å². The van der Waals surface area contributed by atoms with E-state index in [1.54, 1.807) is 0 Å². The van der Waals surface area contributed by atoms with E-state index in [2.05, 4.69) is 10.2 Å². The molecule has 4 aliphatic rings. The molecule has 0 unspecified atom stereocenters. The molecule has 20 heavy (non-hydrogen) atoms. The molecule has 0 aromatic heterocycles. The third kappa shape index (κ3) is 2.71. The van der Waals surface area contributed by atoms with Gasteiger partial charge in [0.15, 0.2) is 0 Å². The Labute approximate surface area is 128 Å². The van der Waals surface area contributed by atoms with Crippen LogP contribution in [-0.2, 0) is 4.79 Å². The molecule has 2 saturated heterocycles. The number of rotatable bonds is 3. The van der Waals surface area contributed by atoms with Gasteiger partial charge < -0.3 is 10.2 Å². The van der Waals surface area contributed by atoms with Crippen LogP contribution in [0.1, 0.15) is 44.9 Å². The van der Waals surface area contributed by atoms with E-state index in [1.165, 1.54) is 44.9 Å². The van der Waals surface area contributed by atoms with Crippen molar-refractivity contribution in [1.82, 2.24) is 10.2 Å².